The third-order valence-electron chi connectivity index (χ3n) is 6.01. The van der Waals surface area contributed by atoms with Crippen molar-refractivity contribution in [2.24, 2.45) is 0 Å². The topological polar surface area (TPSA) is 91.8 Å². The lowest BCUT2D eigenvalue weighted by atomic mass is 10.1. The summed E-state index contributed by atoms with van der Waals surface area (Å²) in [4.78, 5) is 45.9. The minimum Gasteiger partial charge on any atom is -0.378 e. The monoisotopic (exact) mass is 456 g/mol. The number of fused-ring (bicyclic) bond motifs is 1. The average molecular weight is 457 g/mol. The summed E-state index contributed by atoms with van der Waals surface area (Å²) in [7, 11) is 0. The Morgan fingerprint density at radius 1 is 0.912 bits per heavy atom. The summed E-state index contributed by atoms with van der Waals surface area (Å²) < 4.78 is 5.39. The summed E-state index contributed by atoms with van der Waals surface area (Å²) in [5, 5.41) is 2.94. The Labute approximate surface area is 197 Å². The molecule has 2 aromatic carbocycles. The summed E-state index contributed by atoms with van der Waals surface area (Å²) in [6.45, 7) is 3.42. The number of nitrogens with zero attached hydrogens (tertiary/aromatic N) is 3. The fourth-order valence-corrected chi connectivity index (χ4v) is 4.20. The van der Waals surface area contributed by atoms with Crippen LogP contribution in [0, 0.1) is 0 Å². The van der Waals surface area contributed by atoms with E-state index >= 15 is 0 Å². The van der Waals surface area contributed by atoms with Gasteiger partial charge in [0.15, 0.2) is 0 Å². The highest BCUT2D eigenvalue weighted by Gasteiger charge is 2.35. The molecule has 172 valence electrons. The highest BCUT2D eigenvalue weighted by molar-refractivity contribution is 6.21. The minimum atomic E-state index is -0.316. The quantitative estimate of drug-likeness (QED) is 0.574. The fourth-order valence-electron chi connectivity index (χ4n) is 4.20. The summed E-state index contributed by atoms with van der Waals surface area (Å²) in [6, 6.07) is 17.6. The average Bonchev–Trinajstić information content (AvgIpc) is 3.13. The number of ether oxygens (including phenoxy) is 1. The Bertz CT molecular complexity index is 1220. The molecule has 5 rings (SSSR count). The molecule has 2 aliphatic rings. The van der Waals surface area contributed by atoms with Crippen molar-refractivity contribution in [1.82, 2.24) is 15.2 Å². The number of hydrogen-bond donors (Lipinski definition) is 1. The standard InChI is InChI=1S/C26H24N4O4/c31-24(28-16-18-8-9-27-23(15-18)29-10-12-34-13-11-29)20-5-3-4-19(14-20)17-30-25(32)21-6-1-2-7-22(21)26(30)33/h1-9,14-15H,10-13,16-17H2,(H,28,31). The van der Waals surface area contributed by atoms with Gasteiger partial charge in [-0.25, -0.2) is 4.98 Å². The van der Waals surface area contributed by atoms with Crippen molar-refractivity contribution in [3.63, 3.8) is 0 Å². The molecular formula is C26H24N4O4. The number of nitrogens with one attached hydrogen (secondary N) is 1. The van der Waals surface area contributed by atoms with E-state index in [0.717, 1.165) is 24.5 Å². The summed E-state index contributed by atoms with van der Waals surface area (Å²) in [5.41, 5.74) is 2.95. The second-order valence-corrected chi connectivity index (χ2v) is 8.25. The van der Waals surface area contributed by atoms with Crippen LogP contribution < -0.4 is 10.2 Å². The van der Waals surface area contributed by atoms with Gasteiger partial charge in [-0.05, 0) is 47.5 Å². The first-order chi connectivity index (χ1) is 16.6. The molecule has 1 saturated heterocycles. The summed E-state index contributed by atoms with van der Waals surface area (Å²) >= 11 is 0. The maximum atomic E-state index is 12.8. The predicted molar refractivity (Wildman–Crippen MR) is 126 cm³/mol. The van der Waals surface area contributed by atoms with Gasteiger partial charge in [-0.2, -0.15) is 0 Å². The zero-order chi connectivity index (χ0) is 23.5. The first-order valence-electron chi connectivity index (χ1n) is 11.2. The zero-order valence-corrected chi connectivity index (χ0v) is 18.6. The van der Waals surface area contributed by atoms with Crippen molar-refractivity contribution < 1.29 is 19.1 Å². The molecule has 1 aromatic heterocycles. The van der Waals surface area contributed by atoms with Crippen LogP contribution >= 0.6 is 0 Å². The van der Waals surface area contributed by atoms with Gasteiger partial charge >= 0.3 is 0 Å². The Kier molecular flexibility index (Phi) is 6.05. The first-order valence-corrected chi connectivity index (χ1v) is 11.2. The molecule has 2 aliphatic heterocycles. The van der Waals surface area contributed by atoms with Gasteiger partial charge in [-0.3, -0.25) is 19.3 Å². The lowest BCUT2D eigenvalue weighted by Crippen LogP contribution is -2.36. The molecule has 3 heterocycles. The first kappa shape index (κ1) is 21.8. The van der Waals surface area contributed by atoms with E-state index in [1.54, 1.807) is 54.7 Å². The van der Waals surface area contributed by atoms with Crippen LogP contribution in [0.4, 0.5) is 5.82 Å². The lowest BCUT2D eigenvalue weighted by Gasteiger charge is -2.28. The van der Waals surface area contributed by atoms with Crippen LogP contribution in [0.2, 0.25) is 0 Å². The Balaban J connectivity index is 1.23. The van der Waals surface area contributed by atoms with Crippen molar-refractivity contribution in [2.45, 2.75) is 13.1 Å². The maximum absolute atomic E-state index is 12.8. The molecule has 0 aliphatic carbocycles. The van der Waals surface area contributed by atoms with Crippen LogP contribution in [0.3, 0.4) is 0 Å². The second-order valence-electron chi connectivity index (χ2n) is 8.25. The normalized spacial score (nSPS) is 15.4. The predicted octanol–water partition coefficient (Wildman–Crippen LogP) is 2.64. The van der Waals surface area contributed by atoms with E-state index in [0.29, 0.717) is 42.0 Å². The van der Waals surface area contributed by atoms with Gasteiger partial charge in [0.25, 0.3) is 17.7 Å². The number of rotatable bonds is 6. The third-order valence-corrected chi connectivity index (χ3v) is 6.01. The van der Waals surface area contributed by atoms with Gasteiger partial charge in [0.2, 0.25) is 0 Å². The number of morpholine rings is 1. The van der Waals surface area contributed by atoms with Gasteiger partial charge in [0.05, 0.1) is 30.9 Å². The number of aromatic nitrogens is 1. The molecule has 0 unspecified atom stereocenters. The molecule has 34 heavy (non-hydrogen) atoms. The molecule has 8 heteroatoms. The van der Waals surface area contributed by atoms with E-state index < -0.39 is 0 Å². The van der Waals surface area contributed by atoms with Gasteiger partial charge < -0.3 is 15.0 Å². The van der Waals surface area contributed by atoms with Crippen molar-refractivity contribution >= 4 is 23.5 Å². The lowest BCUT2D eigenvalue weighted by molar-refractivity contribution is 0.0642. The number of anilines is 1. The summed E-state index contributed by atoms with van der Waals surface area (Å²) in [5.74, 6) is 0.0142. The molecule has 0 spiro atoms. The maximum Gasteiger partial charge on any atom is 0.261 e. The smallest absolute Gasteiger partial charge is 0.261 e. The molecular weight excluding hydrogens is 432 g/mol. The van der Waals surface area contributed by atoms with E-state index in [1.165, 1.54) is 4.90 Å². The van der Waals surface area contributed by atoms with E-state index in [1.807, 2.05) is 12.1 Å². The Morgan fingerprint density at radius 3 is 2.38 bits per heavy atom. The van der Waals surface area contributed by atoms with Crippen molar-refractivity contribution in [3.8, 4) is 0 Å². The van der Waals surface area contributed by atoms with Crippen LogP contribution in [0.15, 0.2) is 66.9 Å². The van der Waals surface area contributed by atoms with Crippen molar-refractivity contribution in [3.05, 3.63) is 94.7 Å². The molecule has 3 amide bonds. The molecule has 0 bridgehead atoms. The molecule has 0 radical (unpaired) electrons. The molecule has 8 nitrogen and oxygen atoms in total. The molecule has 1 fully saturated rings. The Morgan fingerprint density at radius 2 is 1.65 bits per heavy atom. The Hall–Kier alpha value is -4.04. The second kappa shape index (κ2) is 9.44. The molecule has 3 aromatic rings. The van der Waals surface area contributed by atoms with Gasteiger partial charge in [0, 0.05) is 31.4 Å². The summed E-state index contributed by atoms with van der Waals surface area (Å²) in [6.07, 6.45) is 1.75. The molecule has 0 atom stereocenters. The molecule has 1 N–H and O–H groups in total. The van der Waals surface area contributed by atoms with Crippen LogP contribution in [-0.4, -0.2) is 53.9 Å². The highest BCUT2D eigenvalue weighted by Crippen LogP contribution is 2.24. The van der Waals surface area contributed by atoms with E-state index in [9.17, 15) is 14.4 Å². The van der Waals surface area contributed by atoms with Crippen LogP contribution in [0.25, 0.3) is 0 Å². The van der Waals surface area contributed by atoms with Crippen LogP contribution in [0.1, 0.15) is 42.2 Å². The number of pyridine rings is 1. The van der Waals surface area contributed by atoms with Gasteiger partial charge in [-0.1, -0.05) is 24.3 Å². The number of carbonyl (C=O) groups is 3. The van der Waals surface area contributed by atoms with Gasteiger partial charge in [-0.15, -0.1) is 0 Å². The number of benzene rings is 2. The zero-order valence-electron chi connectivity index (χ0n) is 18.6. The van der Waals surface area contributed by atoms with Crippen molar-refractivity contribution in [2.75, 3.05) is 31.2 Å². The van der Waals surface area contributed by atoms with E-state index in [-0.39, 0.29) is 24.3 Å². The minimum absolute atomic E-state index is 0.112. The number of imide groups is 1. The highest BCUT2D eigenvalue weighted by atomic mass is 16.5. The SMILES string of the molecule is O=C(NCc1ccnc(N2CCOCC2)c1)c1cccc(CN2C(=O)c3ccccc3C2=O)c1. The van der Waals surface area contributed by atoms with Crippen LogP contribution in [0.5, 0.6) is 0 Å². The molecule has 0 saturated carbocycles. The van der Waals surface area contributed by atoms with Crippen LogP contribution in [-0.2, 0) is 17.8 Å². The van der Waals surface area contributed by atoms with E-state index in [4.69, 9.17) is 4.74 Å². The van der Waals surface area contributed by atoms with E-state index in [2.05, 4.69) is 15.2 Å². The largest absolute Gasteiger partial charge is 0.378 e. The third kappa shape index (κ3) is 4.40. The number of hydrogen-bond acceptors (Lipinski definition) is 6. The number of carbonyl (C=O) groups excluding carboxylic acids is 3. The van der Waals surface area contributed by atoms with Crippen molar-refractivity contribution in [1.29, 1.82) is 0 Å². The van der Waals surface area contributed by atoms with Gasteiger partial charge in [0.1, 0.15) is 5.82 Å². The fraction of sp³-hybridized carbons (Fsp3) is 0.231. The number of amides is 3.